The number of aromatic carboxylic acids is 1. The molecule has 1 amide bonds. The number of benzene rings is 3. The predicted molar refractivity (Wildman–Crippen MR) is 173 cm³/mol. The first-order valence-corrected chi connectivity index (χ1v) is 15.0. The second-order valence-corrected chi connectivity index (χ2v) is 10.9. The van der Waals surface area contributed by atoms with Gasteiger partial charge < -0.3 is 35.2 Å². The Balaban J connectivity index is 0.00000600. The number of aromatic hydroxyl groups is 1. The van der Waals surface area contributed by atoms with Gasteiger partial charge in [-0.25, -0.2) is 9.86 Å². The molecule has 0 spiro atoms. The smallest absolute Gasteiger partial charge is 0.545 e. The van der Waals surface area contributed by atoms with E-state index in [2.05, 4.69) is 10.6 Å². The summed E-state index contributed by atoms with van der Waals surface area (Å²) in [5.41, 5.74) is 1.70. The Kier molecular flexibility index (Phi) is 13.9. The molecule has 0 unspecified atom stereocenters. The summed E-state index contributed by atoms with van der Waals surface area (Å²) in [5.74, 6) is -3.25. The van der Waals surface area contributed by atoms with E-state index in [1.165, 1.54) is 30.3 Å². The van der Waals surface area contributed by atoms with Crippen LogP contribution in [0.1, 0.15) is 48.9 Å². The largest absolute Gasteiger partial charge is 1.00 e. The Bertz CT molecular complexity index is 1830. The van der Waals surface area contributed by atoms with Crippen molar-refractivity contribution in [3.8, 4) is 28.2 Å². The van der Waals surface area contributed by atoms with Crippen LogP contribution in [0.4, 0.5) is 5.69 Å². The van der Waals surface area contributed by atoms with Crippen molar-refractivity contribution in [3.63, 3.8) is 0 Å². The molecule has 4 rings (SSSR count). The number of anilines is 1. The number of carbonyl (C=O) groups is 3. The van der Waals surface area contributed by atoms with Crippen LogP contribution in [0.5, 0.6) is 5.75 Å². The van der Waals surface area contributed by atoms with Crippen LogP contribution in [0.25, 0.3) is 33.4 Å². The van der Waals surface area contributed by atoms with E-state index in [1.54, 1.807) is 24.3 Å². The van der Waals surface area contributed by atoms with Crippen LogP contribution in [-0.2, 0) is 9.59 Å². The van der Waals surface area contributed by atoms with Gasteiger partial charge in [-0.1, -0.05) is 31.7 Å². The first-order valence-electron chi connectivity index (χ1n) is 14.5. The van der Waals surface area contributed by atoms with E-state index in [1.807, 2.05) is 0 Å². The zero-order chi connectivity index (χ0) is 33.2. The molecule has 1 aliphatic heterocycles. The molecule has 12 nitrogen and oxygen atoms in total. The third kappa shape index (κ3) is 10.4. The molecule has 14 heteroatoms. The van der Waals surface area contributed by atoms with Gasteiger partial charge in [-0.3, -0.25) is 14.8 Å². The van der Waals surface area contributed by atoms with Gasteiger partial charge in [-0.2, -0.15) is 0 Å². The molecular formula is C33H32N3NaO9S. The molecular weight excluding hydrogens is 637 g/mol. The molecule has 0 saturated carbocycles. The summed E-state index contributed by atoms with van der Waals surface area (Å²) in [6, 6.07) is 13.5. The number of carbonyl (C=O) groups excluding carboxylic acids is 2. The summed E-state index contributed by atoms with van der Waals surface area (Å²) < 4.78 is 5.86. The number of hydroxylamine groups is 2. The molecule has 0 atom stereocenters. The van der Waals surface area contributed by atoms with Crippen LogP contribution in [0.2, 0.25) is 0 Å². The predicted octanol–water partition coefficient (Wildman–Crippen LogP) is 1.12. The van der Waals surface area contributed by atoms with Gasteiger partial charge in [0, 0.05) is 65.1 Å². The van der Waals surface area contributed by atoms with E-state index < -0.39 is 17.8 Å². The molecule has 2 aliphatic rings. The number of carboxylic acid groups (broad SMARTS) is 2. The molecule has 2 aromatic carbocycles. The Labute approximate surface area is 297 Å². The fourth-order valence-electron chi connectivity index (χ4n) is 4.97. The van der Waals surface area contributed by atoms with Crippen molar-refractivity contribution in [1.82, 2.24) is 10.4 Å². The summed E-state index contributed by atoms with van der Waals surface area (Å²) in [6.45, 7) is 0.707. The SMILES string of the molecule is O=C(O)/C=C/C(=O)N(O)CCCCCCCCNC(=S)Nc1ccc(-c2c3ccc(=O)cc-3oc3cc(O)ccc23)c(C(=O)[O-])c1.[Na+]. The van der Waals surface area contributed by atoms with Crippen molar-refractivity contribution in [1.29, 1.82) is 0 Å². The van der Waals surface area contributed by atoms with E-state index in [9.17, 15) is 34.6 Å². The Morgan fingerprint density at radius 2 is 1.62 bits per heavy atom. The molecule has 47 heavy (non-hydrogen) atoms. The molecule has 0 bridgehead atoms. The van der Waals surface area contributed by atoms with Crippen LogP contribution in [0.3, 0.4) is 0 Å². The molecule has 1 aliphatic carbocycles. The van der Waals surface area contributed by atoms with Crippen LogP contribution in [0.15, 0.2) is 76.0 Å². The fourth-order valence-corrected chi connectivity index (χ4v) is 5.19. The number of fused-ring (bicyclic) bond motifs is 2. The van der Waals surface area contributed by atoms with E-state index in [0.29, 0.717) is 57.0 Å². The average Bonchev–Trinajstić information content (AvgIpc) is 3.01. The van der Waals surface area contributed by atoms with Gasteiger partial charge in [0.2, 0.25) is 0 Å². The number of phenolic OH excluding ortho intramolecular Hbond substituents is 1. The van der Waals surface area contributed by atoms with Gasteiger partial charge in [0.1, 0.15) is 17.1 Å². The number of unbranched alkanes of at least 4 members (excludes halogenated alkanes) is 5. The summed E-state index contributed by atoms with van der Waals surface area (Å²) in [7, 11) is 0. The molecule has 2 aromatic rings. The van der Waals surface area contributed by atoms with Crippen LogP contribution >= 0.6 is 12.2 Å². The number of amides is 1. The topological polar surface area (TPSA) is 192 Å². The minimum Gasteiger partial charge on any atom is -0.545 e. The van der Waals surface area contributed by atoms with E-state index in [4.69, 9.17) is 21.7 Å². The Hall–Kier alpha value is -4.27. The second-order valence-electron chi connectivity index (χ2n) is 10.5. The number of thiocarbonyl (C=S) groups is 1. The quantitative estimate of drug-likeness (QED) is 0.0245. The third-order valence-corrected chi connectivity index (χ3v) is 7.40. The molecule has 0 saturated heterocycles. The van der Waals surface area contributed by atoms with Crippen LogP contribution < -0.4 is 50.7 Å². The second kappa shape index (κ2) is 17.6. The minimum absolute atomic E-state index is 0. The molecule has 0 radical (unpaired) electrons. The van der Waals surface area contributed by atoms with E-state index >= 15 is 0 Å². The average molecular weight is 670 g/mol. The maximum atomic E-state index is 12.3. The monoisotopic (exact) mass is 669 g/mol. The standard InChI is InChI=1S/C33H33N3O9S.Na/c37-21-8-11-24-27(18-21)45-28-19-22(38)9-12-25(28)31(24)23-10-7-20(17-26(23)32(42)43)35-33(46)34-15-5-3-1-2-4-6-16-36(44)29(39)13-14-30(40)41;/h7-14,17-19,37,44H,1-6,15-16H2,(H,40,41)(H,42,43)(H2,34,35,46);/q;+1/p-1/b14-13+;. The van der Waals surface area contributed by atoms with Gasteiger partial charge in [0.05, 0.1) is 5.97 Å². The summed E-state index contributed by atoms with van der Waals surface area (Å²) in [6.07, 6.45) is 6.43. The number of nitrogens with zero attached hydrogens (tertiary/aromatic N) is 1. The Morgan fingerprint density at radius 1 is 0.915 bits per heavy atom. The van der Waals surface area contributed by atoms with Gasteiger partial charge >= 0.3 is 35.5 Å². The first kappa shape index (κ1) is 37.2. The summed E-state index contributed by atoms with van der Waals surface area (Å²) in [5, 5.41) is 47.9. The van der Waals surface area contributed by atoms with Crippen molar-refractivity contribution >= 4 is 51.8 Å². The molecule has 5 N–H and O–H groups in total. The molecule has 0 fully saturated rings. The van der Waals surface area contributed by atoms with Crippen molar-refractivity contribution in [2.45, 2.75) is 38.5 Å². The molecule has 240 valence electrons. The number of hydrogen-bond donors (Lipinski definition) is 5. The number of phenols is 1. The zero-order valence-electron chi connectivity index (χ0n) is 25.7. The van der Waals surface area contributed by atoms with Crippen molar-refractivity contribution in [2.75, 3.05) is 18.4 Å². The van der Waals surface area contributed by atoms with Gasteiger partial charge in [-0.15, -0.1) is 0 Å². The third-order valence-electron chi connectivity index (χ3n) is 7.15. The van der Waals surface area contributed by atoms with Crippen LogP contribution in [0, 0.1) is 0 Å². The summed E-state index contributed by atoms with van der Waals surface area (Å²) in [4.78, 5) is 46.3. The number of aliphatic carboxylic acids is 1. The number of nitrogens with one attached hydrogen (secondary N) is 2. The first-order chi connectivity index (χ1) is 22.0. The van der Waals surface area contributed by atoms with Gasteiger partial charge in [-0.05, 0) is 67.0 Å². The van der Waals surface area contributed by atoms with Crippen molar-refractivity contribution < 1.29 is 68.9 Å². The molecule has 1 heterocycles. The number of rotatable bonds is 14. The van der Waals surface area contributed by atoms with Crippen molar-refractivity contribution in [3.05, 3.63) is 82.5 Å². The number of carboxylic acids is 2. The number of hydrogen-bond acceptors (Lipinski definition) is 9. The van der Waals surface area contributed by atoms with Crippen LogP contribution in [-0.4, -0.2) is 56.5 Å². The molecule has 0 aromatic heterocycles. The van der Waals surface area contributed by atoms with Crippen molar-refractivity contribution in [2.24, 2.45) is 0 Å². The fraction of sp³-hybridized carbons (Fsp3) is 0.242. The van der Waals surface area contributed by atoms with E-state index in [0.717, 1.165) is 38.2 Å². The maximum Gasteiger partial charge on any atom is 1.00 e. The zero-order valence-corrected chi connectivity index (χ0v) is 28.5. The Morgan fingerprint density at radius 3 is 2.34 bits per heavy atom. The summed E-state index contributed by atoms with van der Waals surface area (Å²) >= 11 is 5.39. The van der Waals surface area contributed by atoms with Gasteiger partial charge in [0.15, 0.2) is 10.5 Å². The van der Waals surface area contributed by atoms with E-state index in [-0.39, 0.29) is 64.2 Å². The normalized spacial score (nSPS) is 10.9. The minimum atomic E-state index is -1.41. The van der Waals surface area contributed by atoms with Gasteiger partial charge in [0.25, 0.3) is 5.91 Å². The maximum absolute atomic E-state index is 12.3.